The van der Waals surface area contributed by atoms with Gasteiger partial charge in [0.2, 0.25) is 0 Å². The van der Waals surface area contributed by atoms with Crippen molar-refractivity contribution in [1.82, 2.24) is 4.90 Å². The minimum Gasteiger partial charge on any atom is -0.481 e. The predicted octanol–water partition coefficient (Wildman–Crippen LogP) is 2.52. The zero-order valence-corrected chi connectivity index (χ0v) is 14.6. The first-order chi connectivity index (χ1) is 12.5. The fourth-order valence-electron chi connectivity index (χ4n) is 3.80. The van der Waals surface area contributed by atoms with Crippen LogP contribution in [-0.2, 0) is 4.79 Å². The van der Waals surface area contributed by atoms with Gasteiger partial charge in [-0.3, -0.25) is 19.7 Å². The van der Waals surface area contributed by atoms with Gasteiger partial charge < -0.3 is 14.9 Å². The Labute approximate surface area is 151 Å². The molecule has 0 spiro atoms. The van der Waals surface area contributed by atoms with Gasteiger partial charge in [0.25, 0.3) is 11.6 Å². The Morgan fingerprint density at radius 2 is 1.81 bits per heavy atom. The van der Waals surface area contributed by atoms with E-state index in [9.17, 15) is 19.7 Å². The number of nitro benzene ring substituents is 1. The lowest BCUT2D eigenvalue weighted by Gasteiger charge is -2.31. The number of rotatable bonds is 5. The topological polar surface area (TPSA) is 104 Å². The van der Waals surface area contributed by atoms with Crippen LogP contribution in [0.15, 0.2) is 18.2 Å². The van der Waals surface area contributed by atoms with Crippen molar-refractivity contribution in [3.05, 3.63) is 33.9 Å². The molecule has 0 unspecified atom stereocenters. The van der Waals surface area contributed by atoms with Crippen LogP contribution in [-0.4, -0.2) is 53.0 Å². The highest BCUT2D eigenvalue weighted by Gasteiger charge is 2.28. The highest BCUT2D eigenvalue weighted by atomic mass is 16.6. The number of anilines is 1. The van der Waals surface area contributed by atoms with Crippen molar-refractivity contribution < 1.29 is 19.6 Å². The first-order valence-electron chi connectivity index (χ1n) is 9.00. The molecule has 2 fully saturated rings. The predicted molar refractivity (Wildman–Crippen MR) is 95.4 cm³/mol. The molecule has 0 saturated carbocycles. The van der Waals surface area contributed by atoms with E-state index in [1.54, 1.807) is 17.0 Å². The third-order valence-electron chi connectivity index (χ3n) is 5.23. The number of hydrogen-bond acceptors (Lipinski definition) is 5. The van der Waals surface area contributed by atoms with Crippen LogP contribution in [0.2, 0.25) is 0 Å². The molecule has 8 heteroatoms. The Balaban J connectivity index is 1.72. The summed E-state index contributed by atoms with van der Waals surface area (Å²) in [5, 5.41) is 20.3. The SMILES string of the molecule is O=C(O)CC1CCN(C(=O)c2ccc(N3CCCC3)c([N+](=O)[O-])c2)CC1. The third-order valence-corrected chi connectivity index (χ3v) is 5.23. The highest BCUT2D eigenvalue weighted by molar-refractivity contribution is 5.96. The van der Waals surface area contributed by atoms with E-state index in [0.717, 1.165) is 25.9 Å². The summed E-state index contributed by atoms with van der Waals surface area (Å²) in [5.74, 6) is -0.957. The van der Waals surface area contributed by atoms with Crippen molar-refractivity contribution in [2.75, 3.05) is 31.1 Å². The zero-order chi connectivity index (χ0) is 18.7. The van der Waals surface area contributed by atoms with E-state index < -0.39 is 10.9 Å². The molecule has 2 aliphatic rings. The summed E-state index contributed by atoms with van der Waals surface area (Å²) in [6.45, 7) is 2.56. The van der Waals surface area contributed by atoms with E-state index in [0.29, 0.717) is 37.2 Å². The molecule has 3 rings (SSSR count). The number of amides is 1. The summed E-state index contributed by atoms with van der Waals surface area (Å²) < 4.78 is 0. The molecular formula is C18H23N3O5. The molecule has 1 amide bonds. The Bertz CT molecular complexity index is 707. The molecule has 1 aromatic rings. The Morgan fingerprint density at radius 1 is 1.15 bits per heavy atom. The number of aliphatic carboxylic acids is 1. The van der Waals surface area contributed by atoms with Crippen LogP contribution in [0, 0.1) is 16.0 Å². The molecule has 1 aromatic carbocycles. The fourth-order valence-corrected chi connectivity index (χ4v) is 3.80. The van der Waals surface area contributed by atoms with Crippen LogP contribution in [0.4, 0.5) is 11.4 Å². The van der Waals surface area contributed by atoms with E-state index in [4.69, 9.17) is 5.11 Å². The number of carboxylic acids is 1. The monoisotopic (exact) mass is 361 g/mol. The standard InChI is InChI=1S/C18H23N3O5/c22-17(23)11-13-5-9-20(10-6-13)18(24)14-3-4-15(16(12-14)21(25)26)19-7-1-2-8-19/h3-4,12-13H,1-2,5-11H2,(H,22,23). The van der Waals surface area contributed by atoms with Crippen molar-refractivity contribution in [3.8, 4) is 0 Å². The molecule has 2 aliphatic heterocycles. The number of carbonyl (C=O) groups excluding carboxylic acids is 1. The van der Waals surface area contributed by atoms with Crippen LogP contribution in [0.25, 0.3) is 0 Å². The number of carbonyl (C=O) groups is 2. The normalized spacial score (nSPS) is 18.2. The summed E-state index contributed by atoms with van der Waals surface area (Å²) in [7, 11) is 0. The van der Waals surface area contributed by atoms with Gasteiger partial charge in [0.1, 0.15) is 5.69 Å². The number of likely N-dealkylation sites (tertiary alicyclic amines) is 1. The van der Waals surface area contributed by atoms with E-state index in [2.05, 4.69) is 0 Å². The molecule has 2 heterocycles. The van der Waals surface area contributed by atoms with E-state index in [1.165, 1.54) is 6.07 Å². The Morgan fingerprint density at radius 3 is 2.38 bits per heavy atom. The molecule has 140 valence electrons. The van der Waals surface area contributed by atoms with Gasteiger partial charge in [0, 0.05) is 44.2 Å². The number of carboxylic acid groups (broad SMARTS) is 1. The average molecular weight is 361 g/mol. The average Bonchev–Trinajstić information content (AvgIpc) is 3.15. The number of piperidine rings is 1. The number of nitro groups is 1. The maximum absolute atomic E-state index is 12.7. The van der Waals surface area contributed by atoms with E-state index in [1.807, 2.05) is 4.90 Å². The van der Waals surface area contributed by atoms with Crippen LogP contribution in [0.5, 0.6) is 0 Å². The molecule has 0 bridgehead atoms. The summed E-state index contributed by atoms with van der Waals surface area (Å²) in [6.07, 6.45) is 3.45. The summed E-state index contributed by atoms with van der Waals surface area (Å²) in [4.78, 5) is 38.2. The van der Waals surface area contributed by atoms with E-state index in [-0.39, 0.29) is 23.9 Å². The molecule has 0 atom stereocenters. The quantitative estimate of drug-likeness (QED) is 0.638. The second-order valence-electron chi connectivity index (χ2n) is 6.99. The van der Waals surface area contributed by atoms with Gasteiger partial charge in [-0.15, -0.1) is 0 Å². The molecular weight excluding hydrogens is 338 g/mol. The Kier molecular flexibility index (Phi) is 5.39. The van der Waals surface area contributed by atoms with Gasteiger partial charge in [-0.2, -0.15) is 0 Å². The van der Waals surface area contributed by atoms with Crippen LogP contribution >= 0.6 is 0 Å². The Hall–Kier alpha value is -2.64. The lowest BCUT2D eigenvalue weighted by molar-refractivity contribution is -0.384. The van der Waals surface area contributed by atoms with Gasteiger partial charge >= 0.3 is 5.97 Å². The number of hydrogen-bond donors (Lipinski definition) is 1. The molecule has 2 saturated heterocycles. The number of nitrogens with zero attached hydrogens (tertiary/aromatic N) is 3. The van der Waals surface area contributed by atoms with Crippen molar-refractivity contribution in [2.45, 2.75) is 32.1 Å². The molecule has 0 radical (unpaired) electrons. The minimum atomic E-state index is -0.817. The zero-order valence-electron chi connectivity index (χ0n) is 14.6. The molecule has 0 aliphatic carbocycles. The van der Waals surface area contributed by atoms with Crippen LogP contribution in [0.3, 0.4) is 0 Å². The van der Waals surface area contributed by atoms with Crippen LogP contribution in [0.1, 0.15) is 42.5 Å². The molecule has 8 nitrogen and oxygen atoms in total. The minimum absolute atomic E-state index is 0.0292. The number of benzene rings is 1. The first-order valence-corrected chi connectivity index (χ1v) is 9.00. The molecule has 0 aromatic heterocycles. The molecule has 1 N–H and O–H groups in total. The molecule has 26 heavy (non-hydrogen) atoms. The largest absolute Gasteiger partial charge is 0.481 e. The van der Waals surface area contributed by atoms with Crippen LogP contribution < -0.4 is 4.90 Å². The fraction of sp³-hybridized carbons (Fsp3) is 0.556. The summed E-state index contributed by atoms with van der Waals surface area (Å²) in [6, 6.07) is 4.71. The van der Waals surface area contributed by atoms with Gasteiger partial charge in [-0.25, -0.2) is 0 Å². The van der Waals surface area contributed by atoms with Gasteiger partial charge in [-0.05, 0) is 43.7 Å². The maximum atomic E-state index is 12.7. The third kappa shape index (κ3) is 3.95. The smallest absolute Gasteiger partial charge is 0.303 e. The van der Waals surface area contributed by atoms with Gasteiger partial charge in [0.05, 0.1) is 4.92 Å². The second-order valence-corrected chi connectivity index (χ2v) is 6.99. The van der Waals surface area contributed by atoms with Crippen molar-refractivity contribution in [2.24, 2.45) is 5.92 Å². The lowest BCUT2D eigenvalue weighted by atomic mass is 9.93. The van der Waals surface area contributed by atoms with Gasteiger partial charge in [-0.1, -0.05) is 0 Å². The van der Waals surface area contributed by atoms with Crippen molar-refractivity contribution in [3.63, 3.8) is 0 Å². The van der Waals surface area contributed by atoms with Crippen molar-refractivity contribution >= 4 is 23.3 Å². The lowest BCUT2D eigenvalue weighted by Crippen LogP contribution is -2.39. The summed E-state index contributed by atoms with van der Waals surface area (Å²) in [5.41, 5.74) is 0.860. The van der Waals surface area contributed by atoms with Gasteiger partial charge in [0.15, 0.2) is 0 Å². The van der Waals surface area contributed by atoms with Crippen molar-refractivity contribution in [1.29, 1.82) is 0 Å². The highest BCUT2D eigenvalue weighted by Crippen LogP contribution is 2.32. The summed E-state index contributed by atoms with van der Waals surface area (Å²) >= 11 is 0. The van der Waals surface area contributed by atoms with E-state index >= 15 is 0 Å². The second kappa shape index (κ2) is 7.72. The maximum Gasteiger partial charge on any atom is 0.303 e. The first kappa shape index (κ1) is 18.2.